The van der Waals surface area contributed by atoms with Crippen LogP contribution in [0.4, 0.5) is 5.69 Å². The highest BCUT2D eigenvalue weighted by atomic mass is 16.2. The van der Waals surface area contributed by atoms with Gasteiger partial charge in [-0.05, 0) is 24.1 Å². The number of imide groups is 1. The van der Waals surface area contributed by atoms with Crippen LogP contribution in [0.2, 0.25) is 0 Å². The van der Waals surface area contributed by atoms with Crippen molar-refractivity contribution in [3.05, 3.63) is 29.3 Å². The smallest absolute Gasteiger partial charge is 0.255 e. The first kappa shape index (κ1) is 14.5. The molecule has 0 bridgehead atoms. The Morgan fingerprint density at radius 2 is 2.14 bits per heavy atom. The number of piperidine rings is 1. The van der Waals surface area contributed by atoms with Gasteiger partial charge in [0.15, 0.2) is 0 Å². The van der Waals surface area contributed by atoms with Crippen LogP contribution in [-0.4, -0.2) is 41.8 Å². The fourth-order valence-corrected chi connectivity index (χ4v) is 2.88. The van der Waals surface area contributed by atoms with Crippen molar-refractivity contribution >= 4 is 23.4 Å². The van der Waals surface area contributed by atoms with Gasteiger partial charge in [0.1, 0.15) is 6.04 Å². The third kappa shape index (κ3) is 2.55. The predicted molar refractivity (Wildman–Crippen MR) is 80.0 cm³/mol. The maximum absolute atomic E-state index is 12.6. The van der Waals surface area contributed by atoms with Gasteiger partial charge in [-0.25, -0.2) is 0 Å². The Hall–Kier alpha value is -2.41. The minimum absolute atomic E-state index is 0.166. The van der Waals surface area contributed by atoms with Crippen LogP contribution in [0.1, 0.15) is 28.8 Å². The first-order valence-electron chi connectivity index (χ1n) is 7.31. The highest BCUT2D eigenvalue weighted by Gasteiger charge is 2.39. The molecule has 0 saturated carbocycles. The summed E-state index contributed by atoms with van der Waals surface area (Å²) in [6.07, 6.45) is 0.641. The Labute approximate surface area is 127 Å². The maximum atomic E-state index is 12.6. The van der Waals surface area contributed by atoms with Gasteiger partial charge in [0.2, 0.25) is 11.8 Å². The van der Waals surface area contributed by atoms with E-state index < -0.39 is 6.04 Å². The van der Waals surface area contributed by atoms with Crippen LogP contribution in [0.3, 0.4) is 0 Å². The van der Waals surface area contributed by atoms with Crippen molar-refractivity contribution in [1.29, 1.82) is 0 Å². The fourth-order valence-electron chi connectivity index (χ4n) is 2.88. The fraction of sp³-hybridized carbons (Fsp3) is 0.400. The average molecular weight is 302 g/mol. The number of nitrogens with one attached hydrogen (secondary N) is 2. The number of hydrogen-bond acceptors (Lipinski definition) is 5. The standard InChI is InChI=1S/C15H18N4O3/c16-5-6-17-10-2-1-9-8-19(15(22)11(9)7-10)12-3-4-13(20)18-14(12)21/h1-2,7,12,17H,3-6,8,16H2,(H,18,20,21). The molecule has 1 saturated heterocycles. The highest BCUT2D eigenvalue weighted by Crippen LogP contribution is 2.29. The monoisotopic (exact) mass is 302 g/mol. The number of carbonyl (C=O) groups excluding carboxylic acids is 3. The number of fused-ring (bicyclic) bond motifs is 1. The van der Waals surface area contributed by atoms with Crippen LogP contribution >= 0.6 is 0 Å². The zero-order valence-electron chi connectivity index (χ0n) is 12.1. The molecule has 2 heterocycles. The van der Waals surface area contributed by atoms with E-state index in [9.17, 15) is 14.4 Å². The van der Waals surface area contributed by atoms with Gasteiger partial charge < -0.3 is 16.0 Å². The van der Waals surface area contributed by atoms with E-state index in [4.69, 9.17) is 5.73 Å². The SMILES string of the molecule is NCCNc1ccc2c(c1)C(=O)N(C1CCC(=O)NC1=O)C2. The molecule has 3 amide bonds. The lowest BCUT2D eigenvalue weighted by Gasteiger charge is -2.29. The number of benzene rings is 1. The van der Waals surface area contributed by atoms with Crippen LogP contribution < -0.4 is 16.4 Å². The first-order valence-corrected chi connectivity index (χ1v) is 7.31. The summed E-state index contributed by atoms with van der Waals surface area (Å²) in [6, 6.07) is 5.01. The third-order valence-electron chi connectivity index (χ3n) is 4.00. The van der Waals surface area contributed by atoms with Crippen LogP contribution in [-0.2, 0) is 16.1 Å². The maximum Gasteiger partial charge on any atom is 0.255 e. The summed E-state index contributed by atoms with van der Waals surface area (Å²) in [4.78, 5) is 37.3. The predicted octanol–water partition coefficient (Wildman–Crippen LogP) is -0.182. The molecule has 0 aromatic heterocycles. The van der Waals surface area contributed by atoms with Crippen LogP contribution in [0, 0.1) is 0 Å². The molecule has 22 heavy (non-hydrogen) atoms. The lowest BCUT2D eigenvalue weighted by Crippen LogP contribution is -2.52. The molecular formula is C15H18N4O3. The molecule has 2 aliphatic heterocycles. The Morgan fingerprint density at radius 3 is 2.86 bits per heavy atom. The van der Waals surface area contributed by atoms with Crippen LogP contribution in [0.15, 0.2) is 18.2 Å². The Kier molecular flexibility index (Phi) is 3.81. The van der Waals surface area contributed by atoms with Gasteiger partial charge >= 0.3 is 0 Å². The molecule has 7 nitrogen and oxygen atoms in total. The molecule has 3 rings (SSSR count). The van der Waals surface area contributed by atoms with E-state index in [1.165, 1.54) is 0 Å². The summed E-state index contributed by atoms with van der Waals surface area (Å²) in [5.74, 6) is -0.835. The topological polar surface area (TPSA) is 105 Å². The van der Waals surface area contributed by atoms with Crippen LogP contribution in [0.5, 0.6) is 0 Å². The molecule has 0 aliphatic carbocycles. The number of nitrogens with zero attached hydrogens (tertiary/aromatic N) is 1. The highest BCUT2D eigenvalue weighted by molar-refractivity contribution is 6.05. The average Bonchev–Trinajstić information content (AvgIpc) is 2.82. The molecule has 7 heteroatoms. The van der Waals surface area contributed by atoms with E-state index in [2.05, 4.69) is 10.6 Å². The second kappa shape index (κ2) is 5.76. The molecule has 1 unspecified atom stereocenters. The van der Waals surface area contributed by atoms with Gasteiger partial charge in [-0.1, -0.05) is 6.07 Å². The minimum atomic E-state index is -0.571. The number of nitrogens with two attached hydrogens (primary N) is 1. The molecule has 1 aromatic rings. The normalized spacial score (nSPS) is 20.9. The summed E-state index contributed by atoms with van der Waals surface area (Å²) in [7, 11) is 0. The Morgan fingerprint density at radius 1 is 1.32 bits per heavy atom. The minimum Gasteiger partial charge on any atom is -0.384 e. The van der Waals surface area contributed by atoms with Crippen molar-refractivity contribution in [1.82, 2.24) is 10.2 Å². The molecule has 0 spiro atoms. The molecular weight excluding hydrogens is 284 g/mol. The number of rotatable bonds is 4. The first-order chi connectivity index (χ1) is 10.6. The molecule has 4 N–H and O–H groups in total. The van der Waals surface area contributed by atoms with Crippen molar-refractivity contribution in [3.63, 3.8) is 0 Å². The Bertz CT molecular complexity index is 644. The number of carbonyl (C=O) groups is 3. The van der Waals surface area contributed by atoms with Crippen molar-refractivity contribution < 1.29 is 14.4 Å². The van der Waals surface area contributed by atoms with Crippen molar-refractivity contribution in [2.75, 3.05) is 18.4 Å². The summed E-state index contributed by atoms with van der Waals surface area (Å²) in [5, 5.41) is 5.43. The van der Waals surface area contributed by atoms with Gasteiger partial charge in [-0.15, -0.1) is 0 Å². The molecule has 1 aromatic carbocycles. The molecule has 1 fully saturated rings. The van der Waals surface area contributed by atoms with E-state index in [0.29, 0.717) is 31.6 Å². The largest absolute Gasteiger partial charge is 0.384 e. The second-order valence-corrected chi connectivity index (χ2v) is 5.49. The van der Waals surface area contributed by atoms with Gasteiger partial charge in [0.25, 0.3) is 5.91 Å². The lowest BCUT2D eigenvalue weighted by molar-refractivity contribution is -0.136. The molecule has 0 radical (unpaired) electrons. The van der Waals surface area contributed by atoms with Gasteiger partial charge in [0.05, 0.1) is 0 Å². The quantitative estimate of drug-likeness (QED) is 0.669. The lowest BCUT2D eigenvalue weighted by atomic mass is 10.0. The van der Waals surface area contributed by atoms with E-state index in [0.717, 1.165) is 11.3 Å². The zero-order valence-corrected chi connectivity index (χ0v) is 12.1. The third-order valence-corrected chi connectivity index (χ3v) is 4.00. The number of anilines is 1. The zero-order chi connectivity index (χ0) is 15.7. The van der Waals surface area contributed by atoms with E-state index >= 15 is 0 Å². The Balaban J connectivity index is 1.79. The second-order valence-electron chi connectivity index (χ2n) is 5.49. The molecule has 1 atom stereocenters. The molecule has 2 aliphatic rings. The summed E-state index contributed by atoms with van der Waals surface area (Å²) in [6.45, 7) is 1.54. The van der Waals surface area contributed by atoms with Gasteiger partial charge in [-0.2, -0.15) is 0 Å². The van der Waals surface area contributed by atoms with Crippen molar-refractivity contribution in [2.24, 2.45) is 5.73 Å². The van der Waals surface area contributed by atoms with E-state index in [1.807, 2.05) is 12.1 Å². The molecule has 116 valence electrons. The van der Waals surface area contributed by atoms with Crippen molar-refractivity contribution in [2.45, 2.75) is 25.4 Å². The van der Waals surface area contributed by atoms with E-state index in [-0.39, 0.29) is 24.1 Å². The summed E-state index contributed by atoms with van der Waals surface area (Å²) < 4.78 is 0. The summed E-state index contributed by atoms with van der Waals surface area (Å²) >= 11 is 0. The van der Waals surface area contributed by atoms with Gasteiger partial charge in [0, 0.05) is 37.3 Å². The number of hydrogen-bond donors (Lipinski definition) is 3. The van der Waals surface area contributed by atoms with E-state index in [1.54, 1.807) is 11.0 Å². The van der Waals surface area contributed by atoms with Gasteiger partial charge in [-0.3, -0.25) is 19.7 Å². The number of amides is 3. The van der Waals surface area contributed by atoms with Crippen molar-refractivity contribution in [3.8, 4) is 0 Å². The summed E-state index contributed by atoms with van der Waals surface area (Å²) in [5.41, 5.74) is 7.79. The van der Waals surface area contributed by atoms with Crippen LogP contribution in [0.25, 0.3) is 0 Å².